The topological polar surface area (TPSA) is 67.8 Å². The van der Waals surface area contributed by atoms with Crippen molar-refractivity contribution < 1.29 is 18.9 Å². The van der Waals surface area contributed by atoms with Crippen LogP contribution in [0.3, 0.4) is 0 Å². The maximum atomic E-state index is 6.02. The normalized spacial score (nSPS) is 22.4. The SMILES string of the molecule is CCNC(=NCC(c1ccc(OC)c(OC)c1)N(C)C)N1CCOC(C2CCCO2)C1.I. The van der Waals surface area contributed by atoms with Crippen molar-refractivity contribution in [3.05, 3.63) is 23.8 Å². The molecule has 1 aromatic carbocycles. The van der Waals surface area contributed by atoms with E-state index in [2.05, 4.69) is 42.2 Å². The zero-order valence-electron chi connectivity index (χ0n) is 20.0. The van der Waals surface area contributed by atoms with Crippen molar-refractivity contribution in [3.8, 4) is 11.5 Å². The van der Waals surface area contributed by atoms with E-state index in [0.717, 1.165) is 62.1 Å². The van der Waals surface area contributed by atoms with E-state index in [0.29, 0.717) is 13.2 Å². The van der Waals surface area contributed by atoms with Gasteiger partial charge in [0.1, 0.15) is 6.10 Å². The standard InChI is InChI=1S/C23H38N4O4.HI/c1-6-24-23(27-11-13-31-22(16-27)20-8-7-12-30-20)25-15-18(26(2)3)17-9-10-19(28-4)21(14-17)29-5;/h9-10,14,18,20,22H,6-8,11-13,15-16H2,1-5H3,(H,24,25);1H. The molecule has 0 amide bonds. The van der Waals surface area contributed by atoms with Crippen LogP contribution in [0.25, 0.3) is 0 Å². The van der Waals surface area contributed by atoms with Gasteiger partial charge in [0, 0.05) is 26.2 Å². The van der Waals surface area contributed by atoms with E-state index in [1.807, 2.05) is 12.1 Å². The minimum atomic E-state index is 0. The van der Waals surface area contributed by atoms with Gasteiger partial charge in [0.05, 0.1) is 39.5 Å². The minimum Gasteiger partial charge on any atom is -0.493 e. The molecule has 1 aromatic rings. The van der Waals surface area contributed by atoms with Crippen molar-refractivity contribution in [1.29, 1.82) is 0 Å². The van der Waals surface area contributed by atoms with Crippen LogP contribution in [0.15, 0.2) is 23.2 Å². The molecule has 182 valence electrons. The number of halogens is 1. The molecule has 8 nitrogen and oxygen atoms in total. The number of nitrogens with zero attached hydrogens (tertiary/aromatic N) is 3. The number of methoxy groups -OCH3 is 2. The second kappa shape index (κ2) is 13.4. The smallest absolute Gasteiger partial charge is 0.194 e. The Morgan fingerprint density at radius 3 is 2.56 bits per heavy atom. The maximum Gasteiger partial charge on any atom is 0.194 e. The highest BCUT2D eigenvalue weighted by Gasteiger charge is 2.32. The van der Waals surface area contributed by atoms with Crippen LogP contribution >= 0.6 is 24.0 Å². The van der Waals surface area contributed by atoms with Crippen molar-refractivity contribution in [2.45, 2.75) is 38.0 Å². The number of rotatable bonds is 8. The molecule has 2 aliphatic heterocycles. The van der Waals surface area contributed by atoms with Crippen LogP contribution in [0.5, 0.6) is 11.5 Å². The Kier molecular flexibility index (Phi) is 11.3. The third-order valence-electron chi connectivity index (χ3n) is 5.94. The van der Waals surface area contributed by atoms with Crippen molar-refractivity contribution in [2.75, 3.05) is 67.7 Å². The number of guanidine groups is 1. The van der Waals surface area contributed by atoms with Gasteiger partial charge in [-0.3, -0.25) is 4.99 Å². The van der Waals surface area contributed by atoms with Gasteiger partial charge < -0.3 is 34.1 Å². The molecule has 3 atom stereocenters. The quantitative estimate of drug-likeness (QED) is 0.297. The lowest BCUT2D eigenvalue weighted by atomic mass is 10.1. The number of morpholine rings is 1. The zero-order chi connectivity index (χ0) is 22.2. The van der Waals surface area contributed by atoms with Crippen LogP contribution in [0.2, 0.25) is 0 Å². The predicted octanol–water partition coefficient (Wildman–Crippen LogP) is 2.77. The molecular formula is C23H39IN4O4. The molecule has 0 aliphatic carbocycles. The first-order chi connectivity index (χ1) is 15.1. The first-order valence-electron chi connectivity index (χ1n) is 11.2. The molecule has 2 saturated heterocycles. The van der Waals surface area contributed by atoms with E-state index in [4.69, 9.17) is 23.9 Å². The molecule has 0 bridgehead atoms. The monoisotopic (exact) mass is 562 g/mol. The molecule has 1 N–H and O–H groups in total. The van der Waals surface area contributed by atoms with Gasteiger partial charge in [-0.2, -0.15) is 0 Å². The predicted molar refractivity (Wildman–Crippen MR) is 138 cm³/mol. The molecule has 2 heterocycles. The van der Waals surface area contributed by atoms with Crippen molar-refractivity contribution in [3.63, 3.8) is 0 Å². The summed E-state index contributed by atoms with van der Waals surface area (Å²) in [5.41, 5.74) is 1.14. The number of benzene rings is 1. The molecule has 2 fully saturated rings. The molecule has 9 heteroatoms. The van der Waals surface area contributed by atoms with Crippen molar-refractivity contribution in [2.24, 2.45) is 4.99 Å². The van der Waals surface area contributed by atoms with Crippen LogP contribution in [0, 0.1) is 0 Å². The molecule has 0 radical (unpaired) electrons. The molecule has 3 unspecified atom stereocenters. The number of ether oxygens (including phenoxy) is 4. The Labute approximate surface area is 209 Å². The third-order valence-corrected chi connectivity index (χ3v) is 5.94. The fourth-order valence-corrected chi connectivity index (χ4v) is 4.21. The van der Waals surface area contributed by atoms with Crippen LogP contribution in [0.4, 0.5) is 0 Å². The van der Waals surface area contributed by atoms with Gasteiger partial charge in [-0.05, 0) is 51.6 Å². The van der Waals surface area contributed by atoms with Crippen LogP contribution < -0.4 is 14.8 Å². The van der Waals surface area contributed by atoms with E-state index in [9.17, 15) is 0 Å². The lowest BCUT2D eigenvalue weighted by Crippen LogP contribution is -2.53. The average Bonchev–Trinajstić information content (AvgIpc) is 3.33. The maximum absolute atomic E-state index is 6.02. The lowest BCUT2D eigenvalue weighted by molar-refractivity contribution is -0.0817. The Morgan fingerprint density at radius 2 is 1.94 bits per heavy atom. The molecule has 0 aromatic heterocycles. The first-order valence-corrected chi connectivity index (χ1v) is 11.2. The fourth-order valence-electron chi connectivity index (χ4n) is 4.21. The van der Waals surface area contributed by atoms with Crippen LogP contribution in [-0.2, 0) is 9.47 Å². The summed E-state index contributed by atoms with van der Waals surface area (Å²) in [6, 6.07) is 6.18. The number of nitrogens with one attached hydrogen (secondary N) is 1. The van der Waals surface area contributed by atoms with Crippen molar-refractivity contribution >= 4 is 29.9 Å². The van der Waals surface area contributed by atoms with Crippen LogP contribution in [0.1, 0.15) is 31.4 Å². The minimum absolute atomic E-state index is 0. The van der Waals surface area contributed by atoms with Crippen molar-refractivity contribution in [1.82, 2.24) is 15.1 Å². The summed E-state index contributed by atoms with van der Waals surface area (Å²) in [5, 5.41) is 3.47. The molecular weight excluding hydrogens is 523 g/mol. The van der Waals surface area contributed by atoms with Gasteiger partial charge in [0.25, 0.3) is 0 Å². The zero-order valence-corrected chi connectivity index (χ0v) is 22.3. The van der Waals surface area contributed by atoms with Crippen LogP contribution in [-0.4, -0.2) is 95.7 Å². The average molecular weight is 562 g/mol. The molecule has 2 aliphatic rings. The highest BCUT2D eigenvalue weighted by molar-refractivity contribution is 14.0. The van der Waals surface area contributed by atoms with E-state index >= 15 is 0 Å². The van der Waals surface area contributed by atoms with Gasteiger partial charge in [-0.25, -0.2) is 0 Å². The Hall–Kier alpha value is -1.30. The second-order valence-electron chi connectivity index (χ2n) is 8.20. The Balaban J connectivity index is 0.00000363. The Morgan fingerprint density at radius 1 is 1.19 bits per heavy atom. The van der Waals surface area contributed by atoms with Gasteiger partial charge in [-0.15, -0.1) is 24.0 Å². The number of likely N-dealkylation sites (N-methyl/N-ethyl adjacent to an activating group) is 1. The summed E-state index contributed by atoms with van der Waals surface area (Å²) >= 11 is 0. The summed E-state index contributed by atoms with van der Waals surface area (Å²) in [5.74, 6) is 2.39. The summed E-state index contributed by atoms with van der Waals surface area (Å²) in [4.78, 5) is 9.51. The Bertz CT molecular complexity index is 728. The first kappa shape index (κ1) is 26.9. The number of hydrogen-bond acceptors (Lipinski definition) is 6. The highest BCUT2D eigenvalue weighted by Crippen LogP contribution is 2.31. The van der Waals surface area contributed by atoms with E-state index < -0.39 is 0 Å². The van der Waals surface area contributed by atoms with E-state index in [-0.39, 0.29) is 42.2 Å². The van der Waals surface area contributed by atoms with Gasteiger partial charge in [0.2, 0.25) is 0 Å². The molecule has 3 rings (SSSR count). The molecule has 32 heavy (non-hydrogen) atoms. The number of hydrogen-bond donors (Lipinski definition) is 1. The summed E-state index contributed by atoms with van der Waals surface area (Å²) in [6.07, 6.45) is 2.51. The lowest BCUT2D eigenvalue weighted by Gasteiger charge is -2.37. The third kappa shape index (κ3) is 6.85. The van der Waals surface area contributed by atoms with Gasteiger partial charge in [-0.1, -0.05) is 6.07 Å². The fraction of sp³-hybridized carbons (Fsp3) is 0.696. The summed E-state index contributed by atoms with van der Waals surface area (Å²) in [6.45, 7) is 6.73. The van der Waals surface area contributed by atoms with E-state index in [1.54, 1.807) is 14.2 Å². The molecule has 0 saturated carbocycles. The summed E-state index contributed by atoms with van der Waals surface area (Å²) in [7, 11) is 7.47. The summed E-state index contributed by atoms with van der Waals surface area (Å²) < 4.78 is 22.8. The van der Waals surface area contributed by atoms with E-state index in [1.165, 1.54) is 0 Å². The molecule has 0 spiro atoms. The highest BCUT2D eigenvalue weighted by atomic mass is 127. The van der Waals surface area contributed by atoms with Gasteiger partial charge >= 0.3 is 0 Å². The van der Waals surface area contributed by atoms with Gasteiger partial charge in [0.15, 0.2) is 17.5 Å². The second-order valence-corrected chi connectivity index (χ2v) is 8.20. The largest absolute Gasteiger partial charge is 0.493 e. The number of aliphatic imine (C=N–C) groups is 1.